The van der Waals surface area contributed by atoms with Crippen molar-refractivity contribution in [1.82, 2.24) is 4.31 Å². The molecule has 1 aromatic rings. The molecular formula is C10H13NO3S. The average molecular weight is 227 g/mol. The van der Waals surface area contributed by atoms with Crippen molar-refractivity contribution in [2.45, 2.75) is 17.9 Å². The van der Waals surface area contributed by atoms with E-state index in [1.807, 2.05) is 13.0 Å². The first kappa shape index (κ1) is 10.6. The van der Waals surface area contributed by atoms with E-state index in [2.05, 4.69) is 0 Å². The van der Waals surface area contributed by atoms with Crippen molar-refractivity contribution >= 4 is 10.0 Å². The van der Waals surface area contributed by atoms with Crippen molar-refractivity contribution in [2.75, 3.05) is 13.1 Å². The number of aliphatic hydroxyl groups excluding tert-OH is 1. The van der Waals surface area contributed by atoms with Gasteiger partial charge in [0.15, 0.2) is 0 Å². The normalized spacial score (nSPS) is 18.8. The number of nitrogens with zero attached hydrogens (tertiary/aromatic N) is 1. The zero-order chi connectivity index (χ0) is 11.1. The van der Waals surface area contributed by atoms with Gasteiger partial charge in [0.25, 0.3) is 0 Å². The van der Waals surface area contributed by atoms with Gasteiger partial charge in [-0.15, -0.1) is 0 Å². The molecular weight excluding hydrogens is 214 g/mol. The lowest BCUT2D eigenvalue weighted by Crippen LogP contribution is -2.53. The van der Waals surface area contributed by atoms with Crippen molar-refractivity contribution in [1.29, 1.82) is 0 Å². The maximum absolute atomic E-state index is 11.9. The highest BCUT2D eigenvalue weighted by molar-refractivity contribution is 7.89. The van der Waals surface area contributed by atoms with Gasteiger partial charge in [-0.3, -0.25) is 0 Å². The zero-order valence-corrected chi connectivity index (χ0v) is 9.24. The van der Waals surface area contributed by atoms with Gasteiger partial charge in [-0.25, -0.2) is 8.42 Å². The molecule has 0 spiro atoms. The summed E-state index contributed by atoms with van der Waals surface area (Å²) < 4.78 is 25.1. The first-order chi connectivity index (χ1) is 7.00. The van der Waals surface area contributed by atoms with Crippen LogP contribution in [0.2, 0.25) is 0 Å². The van der Waals surface area contributed by atoms with E-state index >= 15 is 0 Å². The van der Waals surface area contributed by atoms with Gasteiger partial charge in [-0.2, -0.15) is 4.31 Å². The zero-order valence-electron chi connectivity index (χ0n) is 8.42. The van der Waals surface area contributed by atoms with E-state index in [0.717, 1.165) is 5.56 Å². The molecule has 15 heavy (non-hydrogen) atoms. The second-order valence-electron chi connectivity index (χ2n) is 3.79. The van der Waals surface area contributed by atoms with E-state index in [4.69, 9.17) is 5.11 Å². The molecule has 0 saturated carbocycles. The largest absolute Gasteiger partial charge is 0.390 e. The minimum atomic E-state index is -3.38. The fourth-order valence-electron chi connectivity index (χ4n) is 1.54. The Morgan fingerprint density at radius 1 is 1.40 bits per heavy atom. The molecule has 1 N–H and O–H groups in total. The molecule has 82 valence electrons. The summed E-state index contributed by atoms with van der Waals surface area (Å²) in [5.74, 6) is 0. The van der Waals surface area contributed by atoms with Gasteiger partial charge in [0, 0.05) is 13.1 Å². The summed E-state index contributed by atoms with van der Waals surface area (Å²) in [6.45, 7) is 2.26. The van der Waals surface area contributed by atoms with Gasteiger partial charge in [0.2, 0.25) is 10.0 Å². The Morgan fingerprint density at radius 2 is 2.07 bits per heavy atom. The number of aryl methyl sites for hydroxylation is 1. The van der Waals surface area contributed by atoms with Crippen molar-refractivity contribution in [3.05, 3.63) is 29.8 Å². The number of β-amino-alcohol motifs (C(OH)–C–C–N with tert-alkyl or cyclic N) is 1. The molecule has 0 unspecified atom stereocenters. The van der Waals surface area contributed by atoms with Crippen LogP contribution in [0.25, 0.3) is 0 Å². The van der Waals surface area contributed by atoms with E-state index in [1.165, 1.54) is 4.31 Å². The van der Waals surface area contributed by atoms with Crippen molar-refractivity contribution in [2.24, 2.45) is 0 Å². The molecule has 0 atom stereocenters. The number of benzene rings is 1. The second kappa shape index (κ2) is 3.59. The smallest absolute Gasteiger partial charge is 0.243 e. The molecule has 2 rings (SSSR count). The van der Waals surface area contributed by atoms with Crippen molar-refractivity contribution in [3.63, 3.8) is 0 Å². The standard InChI is InChI=1S/C10H13NO3S/c1-8-3-2-4-10(5-8)15(13,14)11-6-9(12)7-11/h2-5,9,12H,6-7H2,1H3. The fraction of sp³-hybridized carbons (Fsp3) is 0.400. The highest BCUT2D eigenvalue weighted by Crippen LogP contribution is 2.21. The van der Waals surface area contributed by atoms with Crippen LogP contribution in [-0.2, 0) is 10.0 Å². The summed E-state index contributed by atoms with van der Waals surface area (Å²) >= 11 is 0. The maximum Gasteiger partial charge on any atom is 0.243 e. The minimum absolute atomic E-state index is 0.205. The lowest BCUT2D eigenvalue weighted by Gasteiger charge is -2.34. The summed E-state index contributed by atoms with van der Waals surface area (Å²) in [5, 5.41) is 9.08. The molecule has 1 heterocycles. The van der Waals surface area contributed by atoms with E-state index in [-0.39, 0.29) is 13.1 Å². The topological polar surface area (TPSA) is 57.6 Å². The monoisotopic (exact) mass is 227 g/mol. The molecule has 1 aliphatic rings. The van der Waals surface area contributed by atoms with E-state index in [1.54, 1.807) is 18.2 Å². The Morgan fingerprint density at radius 3 is 2.60 bits per heavy atom. The van der Waals surface area contributed by atoms with Gasteiger partial charge < -0.3 is 5.11 Å². The lowest BCUT2D eigenvalue weighted by atomic mass is 10.2. The first-order valence-electron chi connectivity index (χ1n) is 4.75. The highest BCUT2D eigenvalue weighted by Gasteiger charge is 2.35. The van der Waals surface area contributed by atoms with Gasteiger partial charge in [0.05, 0.1) is 11.0 Å². The molecule has 4 nitrogen and oxygen atoms in total. The Labute approximate surface area is 89.2 Å². The number of hydrogen-bond donors (Lipinski definition) is 1. The molecule has 1 fully saturated rings. The molecule has 0 aliphatic carbocycles. The van der Waals surface area contributed by atoms with Crippen LogP contribution in [0.1, 0.15) is 5.56 Å². The lowest BCUT2D eigenvalue weighted by molar-refractivity contribution is 0.0548. The predicted octanol–water partition coefficient (Wildman–Crippen LogP) is 0.360. The number of sulfonamides is 1. The molecule has 1 saturated heterocycles. The molecule has 0 aromatic heterocycles. The van der Waals surface area contributed by atoms with Gasteiger partial charge in [-0.05, 0) is 24.6 Å². The first-order valence-corrected chi connectivity index (χ1v) is 6.19. The SMILES string of the molecule is Cc1cccc(S(=O)(=O)N2CC(O)C2)c1. The Bertz CT molecular complexity index is 463. The molecule has 1 aliphatic heterocycles. The van der Waals surface area contributed by atoms with Crippen LogP contribution in [0.15, 0.2) is 29.2 Å². The van der Waals surface area contributed by atoms with Crippen LogP contribution >= 0.6 is 0 Å². The van der Waals surface area contributed by atoms with Crippen LogP contribution in [0.5, 0.6) is 0 Å². The number of rotatable bonds is 2. The predicted molar refractivity (Wildman–Crippen MR) is 55.9 cm³/mol. The summed E-state index contributed by atoms with van der Waals surface area (Å²) in [6, 6.07) is 6.79. The maximum atomic E-state index is 11.9. The van der Waals surface area contributed by atoms with Crippen LogP contribution in [0, 0.1) is 6.92 Å². The van der Waals surface area contributed by atoms with E-state index in [0.29, 0.717) is 4.90 Å². The highest BCUT2D eigenvalue weighted by atomic mass is 32.2. The molecule has 0 amide bonds. The fourth-order valence-corrected chi connectivity index (χ4v) is 3.16. The molecule has 5 heteroatoms. The summed E-state index contributed by atoms with van der Waals surface area (Å²) in [4.78, 5) is 0.300. The van der Waals surface area contributed by atoms with Crippen molar-refractivity contribution in [3.8, 4) is 0 Å². The average Bonchev–Trinajstić information content (AvgIpc) is 2.13. The third-order valence-electron chi connectivity index (χ3n) is 2.46. The Balaban J connectivity index is 2.30. The quantitative estimate of drug-likeness (QED) is 0.793. The second-order valence-corrected chi connectivity index (χ2v) is 5.73. The summed E-state index contributed by atoms with van der Waals surface area (Å²) in [6.07, 6.45) is -0.510. The molecule has 0 radical (unpaired) electrons. The summed E-state index contributed by atoms with van der Waals surface area (Å²) in [5.41, 5.74) is 0.914. The van der Waals surface area contributed by atoms with Gasteiger partial charge in [0.1, 0.15) is 0 Å². The Kier molecular flexibility index (Phi) is 2.54. The van der Waals surface area contributed by atoms with Crippen LogP contribution in [0.3, 0.4) is 0 Å². The molecule has 1 aromatic carbocycles. The van der Waals surface area contributed by atoms with E-state index in [9.17, 15) is 8.42 Å². The van der Waals surface area contributed by atoms with Crippen LogP contribution < -0.4 is 0 Å². The summed E-state index contributed by atoms with van der Waals surface area (Å²) in [7, 11) is -3.38. The van der Waals surface area contributed by atoms with E-state index < -0.39 is 16.1 Å². The number of hydrogen-bond acceptors (Lipinski definition) is 3. The van der Waals surface area contributed by atoms with Crippen LogP contribution in [0.4, 0.5) is 0 Å². The third-order valence-corrected chi connectivity index (χ3v) is 4.28. The molecule has 0 bridgehead atoms. The van der Waals surface area contributed by atoms with Crippen molar-refractivity contribution < 1.29 is 13.5 Å². The third kappa shape index (κ3) is 1.90. The van der Waals surface area contributed by atoms with Gasteiger partial charge >= 0.3 is 0 Å². The van der Waals surface area contributed by atoms with Crippen LogP contribution in [-0.4, -0.2) is 37.0 Å². The number of aliphatic hydroxyl groups is 1. The Hall–Kier alpha value is -0.910. The van der Waals surface area contributed by atoms with Gasteiger partial charge in [-0.1, -0.05) is 12.1 Å². The minimum Gasteiger partial charge on any atom is -0.390 e.